The molecule has 12 heteroatoms. The number of hydrogen-bond donors (Lipinski definition) is 10. The van der Waals surface area contributed by atoms with Crippen molar-refractivity contribution in [2.24, 2.45) is 0 Å². The number of aldehydes is 2. The standard InChI is InChI=1S/2C6H12O6/c2*7-1-3(9)5(11)6(12)4(10)2-8/h2*1,3-6,8-12H,2H2/t3-,4+,5-,6+;3-,4-,5-,6-/m01/s1. The lowest BCUT2D eigenvalue weighted by Gasteiger charge is -2.22. The molecule has 0 rings (SSSR count). The zero-order valence-electron chi connectivity index (χ0n) is 12.5. The van der Waals surface area contributed by atoms with Crippen LogP contribution in [0.4, 0.5) is 0 Å². The number of carbonyl (C=O) groups excluding carboxylic acids is 2. The summed E-state index contributed by atoms with van der Waals surface area (Å²) in [7, 11) is 0. The highest BCUT2D eigenvalue weighted by atomic mass is 16.4. The zero-order valence-corrected chi connectivity index (χ0v) is 12.5. The molecular weight excluding hydrogens is 336 g/mol. The smallest absolute Gasteiger partial charge is 0.151 e. The van der Waals surface area contributed by atoms with E-state index in [2.05, 4.69) is 0 Å². The van der Waals surface area contributed by atoms with Crippen molar-refractivity contribution in [3.63, 3.8) is 0 Å². The minimum atomic E-state index is -1.79. The van der Waals surface area contributed by atoms with Gasteiger partial charge < -0.3 is 60.7 Å². The Bertz CT molecular complexity index is 308. The quantitative estimate of drug-likeness (QED) is 0.164. The number of aliphatic hydroxyl groups is 10. The maximum atomic E-state index is 9.90. The topological polar surface area (TPSA) is 236 Å². The SMILES string of the molecule is O=C[C@@H](O)[C@@H](O)[C@H](O)[C@H](O)CO.O=C[C@H](O)[C@H](O)[C@H](O)[C@H](O)CO. The highest BCUT2D eigenvalue weighted by molar-refractivity contribution is 5.57. The van der Waals surface area contributed by atoms with E-state index in [1.807, 2.05) is 0 Å². The molecule has 0 fully saturated rings. The van der Waals surface area contributed by atoms with Gasteiger partial charge in [-0.15, -0.1) is 0 Å². The van der Waals surface area contributed by atoms with Gasteiger partial charge in [-0.2, -0.15) is 0 Å². The van der Waals surface area contributed by atoms with Crippen molar-refractivity contribution >= 4 is 12.6 Å². The third-order valence-electron chi connectivity index (χ3n) is 2.84. The fraction of sp³-hybridized carbons (Fsp3) is 0.833. The predicted octanol–water partition coefficient (Wildman–Crippen LogP) is -6.76. The Morgan fingerprint density at radius 2 is 0.792 bits per heavy atom. The molecule has 0 aromatic carbocycles. The van der Waals surface area contributed by atoms with Gasteiger partial charge in [-0.25, -0.2) is 0 Å². The molecule has 0 heterocycles. The maximum Gasteiger partial charge on any atom is 0.151 e. The predicted molar refractivity (Wildman–Crippen MR) is 74.4 cm³/mol. The molecule has 12 nitrogen and oxygen atoms in total. The molecule has 0 aromatic rings. The number of hydrogen-bond acceptors (Lipinski definition) is 12. The molecule has 0 unspecified atom stereocenters. The highest BCUT2D eigenvalue weighted by Gasteiger charge is 2.30. The van der Waals surface area contributed by atoms with Crippen molar-refractivity contribution in [3.8, 4) is 0 Å². The maximum absolute atomic E-state index is 9.90. The number of carbonyl (C=O) groups is 2. The van der Waals surface area contributed by atoms with Crippen LogP contribution in [0.3, 0.4) is 0 Å². The van der Waals surface area contributed by atoms with Gasteiger partial charge in [0, 0.05) is 0 Å². The Morgan fingerprint density at radius 3 is 0.958 bits per heavy atom. The van der Waals surface area contributed by atoms with E-state index >= 15 is 0 Å². The molecule has 0 bridgehead atoms. The molecule has 10 N–H and O–H groups in total. The molecular formula is C12H24O12. The van der Waals surface area contributed by atoms with Crippen LogP contribution in [0, 0.1) is 0 Å². The molecule has 0 saturated heterocycles. The average Bonchev–Trinajstić information content (AvgIpc) is 2.62. The van der Waals surface area contributed by atoms with Gasteiger partial charge in [-0.3, -0.25) is 0 Å². The van der Waals surface area contributed by atoms with Crippen molar-refractivity contribution in [2.75, 3.05) is 13.2 Å². The third-order valence-corrected chi connectivity index (χ3v) is 2.84. The van der Waals surface area contributed by atoms with Crippen LogP contribution >= 0.6 is 0 Å². The summed E-state index contributed by atoms with van der Waals surface area (Å²) in [5.74, 6) is 0. The summed E-state index contributed by atoms with van der Waals surface area (Å²) in [4.78, 5) is 19.8. The van der Waals surface area contributed by atoms with Gasteiger partial charge in [-0.05, 0) is 0 Å². The van der Waals surface area contributed by atoms with Crippen molar-refractivity contribution in [3.05, 3.63) is 0 Å². The molecule has 0 spiro atoms. The first-order chi connectivity index (χ1) is 11.1. The molecule has 0 amide bonds. The molecule has 0 aromatic heterocycles. The molecule has 24 heavy (non-hydrogen) atoms. The number of rotatable bonds is 10. The van der Waals surface area contributed by atoms with Crippen LogP contribution in [0.2, 0.25) is 0 Å². The van der Waals surface area contributed by atoms with Gasteiger partial charge in [-0.1, -0.05) is 0 Å². The summed E-state index contributed by atoms with van der Waals surface area (Å²) in [5, 5.41) is 87.1. The second-order valence-corrected chi connectivity index (χ2v) is 4.72. The van der Waals surface area contributed by atoms with E-state index < -0.39 is 62.0 Å². The van der Waals surface area contributed by atoms with E-state index in [9.17, 15) is 9.59 Å². The van der Waals surface area contributed by atoms with Gasteiger partial charge in [0.25, 0.3) is 0 Å². The minimum absolute atomic E-state index is 0.0258. The van der Waals surface area contributed by atoms with Crippen molar-refractivity contribution in [2.45, 2.75) is 48.8 Å². The first-order valence-corrected chi connectivity index (χ1v) is 6.65. The van der Waals surface area contributed by atoms with Gasteiger partial charge in [0.05, 0.1) is 13.2 Å². The lowest BCUT2D eigenvalue weighted by atomic mass is 10.0. The van der Waals surface area contributed by atoms with Crippen molar-refractivity contribution in [1.82, 2.24) is 0 Å². The Morgan fingerprint density at radius 1 is 0.542 bits per heavy atom. The summed E-state index contributed by atoms with van der Waals surface area (Å²) in [5.41, 5.74) is 0. The fourth-order valence-electron chi connectivity index (χ4n) is 1.24. The van der Waals surface area contributed by atoms with E-state index in [-0.39, 0.29) is 12.6 Å². The first-order valence-electron chi connectivity index (χ1n) is 6.65. The van der Waals surface area contributed by atoms with Gasteiger partial charge in [0.1, 0.15) is 48.8 Å². The van der Waals surface area contributed by atoms with Crippen LogP contribution in [0.15, 0.2) is 0 Å². The Balaban J connectivity index is 0. The lowest BCUT2D eigenvalue weighted by Crippen LogP contribution is -2.46. The van der Waals surface area contributed by atoms with Crippen molar-refractivity contribution in [1.29, 1.82) is 0 Å². The largest absolute Gasteiger partial charge is 0.394 e. The number of aliphatic hydroxyl groups excluding tert-OH is 10. The normalized spacial score (nSPS) is 21.1. The molecule has 8 atom stereocenters. The molecule has 0 aliphatic carbocycles. The van der Waals surface area contributed by atoms with Crippen LogP contribution in [0.5, 0.6) is 0 Å². The van der Waals surface area contributed by atoms with Gasteiger partial charge >= 0.3 is 0 Å². The van der Waals surface area contributed by atoms with E-state index in [1.54, 1.807) is 0 Å². The summed E-state index contributed by atoms with van der Waals surface area (Å²) < 4.78 is 0. The molecule has 0 aliphatic rings. The van der Waals surface area contributed by atoms with Crippen LogP contribution < -0.4 is 0 Å². The molecule has 0 saturated carbocycles. The molecule has 0 aliphatic heterocycles. The summed E-state index contributed by atoms with van der Waals surface area (Å²) in [6, 6.07) is 0. The fourth-order valence-corrected chi connectivity index (χ4v) is 1.24. The zero-order chi connectivity index (χ0) is 19.4. The monoisotopic (exact) mass is 360 g/mol. The van der Waals surface area contributed by atoms with Crippen LogP contribution in [-0.4, -0.2) is 126 Å². The summed E-state index contributed by atoms with van der Waals surface area (Å²) in [6.07, 6.45) is -13.7. The van der Waals surface area contributed by atoms with Gasteiger partial charge in [0.2, 0.25) is 0 Å². The first kappa shape index (κ1) is 25.2. The van der Waals surface area contributed by atoms with Crippen molar-refractivity contribution < 1.29 is 60.7 Å². The Hall–Kier alpha value is -1.06. The van der Waals surface area contributed by atoms with E-state index in [1.165, 1.54) is 0 Å². The van der Waals surface area contributed by atoms with Crippen LogP contribution in [0.25, 0.3) is 0 Å². The van der Waals surface area contributed by atoms with Crippen LogP contribution in [-0.2, 0) is 9.59 Å². The van der Waals surface area contributed by atoms with E-state index in [0.717, 1.165) is 0 Å². The van der Waals surface area contributed by atoms with E-state index in [0.29, 0.717) is 0 Å². The molecule has 144 valence electrons. The second kappa shape index (κ2) is 13.3. The Kier molecular flexibility index (Phi) is 13.9. The average molecular weight is 360 g/mol. The minimum Gasteiger partial charge on any atom is -0.394 e. The summed E-state index contributed by atoms with van der Waals surface area (Å²) >= 11 is 0. The lowest BCUT2D eigenvalue weighted by molar-refractivity contribution is -0.136. The molecule has 0 radical (unpaired) electrons. The Labute approximate surface area is 136 Å². The third kappa shape index (κ3) is 8.70. The van der Waals surface area contributed by atoms with E-state index in [4.69, 9.17) is 51.1 Å². The second-order valence-electron chi connectivity index (χ2n) is 4.72. The van der Waals surface area contributed by atoms with Crippen LogP contribution in [0.1, 0.15) is 0 Å². The van der Waals surface area contributed by atoms with Gasteiger partial charge in [0.15, 0.2) is 12.6 Å². The highest BCUT2D eigenvalue weighted by Crippen LogP contribution is 2.03. The summed E-state index contributed by atoms with van der Waals surface area (Å²) in [6.45, 7) is -1.52.